The monoisotopic (exact) mass is 345 g/mol. The summed E-state index contributed by atoms with van der Waals surface area (Å²) in [7, 11) is 0. The quantitative estimate of drug-likeness (QED) is 0.619. The molecule has 1 unspecified atom stereocenters. The van der Waals surface area contributed by atoms with Crippen molar-refractivity contribution >= 4 is 17.3 Å². The van der Waals surface area contributed by atoms with Gasteiger partial charge < -0.3 is 15.5 Å². The summed E-state index contributed by atoms with van der Waals surface area (Å²) < 4.78 is 5.20. The molecule has 0 amide bonds. The van der Waals surface area contributed by atoms with Crippen molar-refractivity contribution in [1.82, 2.24) is 9.97 Å². The maximum absolute atomic E-state index is 12.2. The van der Waals surface area contributed by atoms with E-state index in [1.165, 1.54) is 12.1 Å². The lowest BCUT2D eigenvalue weighted by molar-refractivity contribution is -0.385. The fourth-order valence-corrected chi connectivity index (χ4v) is 2.69. The van der Waals surface area contributed by atoms with Crippen LogP contribution in [0.1, 0.15) is 17.0 Å². The Kier molecular flexibility index (Phi) is 3.67. The molecule has 10 heteroatoms. The average molecular weight is 346 g/mol. The SMILES string of the molecule is N#CC1=C(N)Oc2nc[nH]c(=O)c2C1c1ccc(Cl)cc1[N+](=O)[O-]. The first-order valence-corrected chi connectivity index (χ1v) is 6.90. The zero-order valence-electron chi connectivity index (χ0n) is 11.8. The zero-order chi connectivity index (χ0) is 17.4. The molecule has 24 heavy (non-hydrogen) atoms. The number of aromatic nitrogens is 2. The van der Waals surface area contributed by atoms with Crippen LogP contribution in [-0.2, 0) is 0 Å². The van der Waals surface area contributed by atoms with Crippen LogP contribution < -0.4 is 16.0 Å². The van der Waals surface area contributed by atoms with Crippen LogP contribution in [0.25, 0.3) is 0 Å². The first-order valence-electron chi connectivity index (χ1n) is 6.53. The molecule has 0 bridgehead atoms. The number of nitrogens with one attached hydrogen (secondary N) is 1. The highest BCUT2D eigenvalue weighted by Crippen LogP contribution is 2.42. The van der Waals surface area contributed by atoms with Crippen LogP contribution in [-0.4, -0.2) is 14.9 Å². The van der Waals surface area contributed by atoms with Gasteiger partial charge in [-0.2, -0.15) is 5.26 Å². The molecule has 0 aliphatic carbocycles. The highest BCUT2D eigenvalue weighted by molar-refractivity contribution is 6.30. The average Bonchev–Trinajstić information content (AvgIpc) is 2.54. The van der Waals surface area contributed by atoms with Crippen molar-refractivity contribution in [3.05, 3.63) is 72.6 Å². The lowest BCUT2D eigenvalue weighted by atomic mass is 9.84. The minimum atomic E-state index is -1.09. The van der Waals surface area contributed by atoms with Crippen molar-refractivity contribution in [2.75, 3.05) is 0 Å². The largest absolute Gasteiger partial charge is 0.422 e. The number of nitro benzene ring substituents is 1. The molecule has 0 saturated carbocycles. The normalized spacial score (nSPS) is 16.1. The van der Waals surface area contributed by atoms with Crippen molar-refractivity contribution in [2.45, 2.75) is 5.92 Å². The molecular formula is C14H8ClN5O4. The fourth-order valence-electron chi connectivity index (χ4n) is 2.53. The molecule has 1 atom stereocenters. The van der Waals surface area contributed by atoms with Gasteiger partial charge >= 0.3 is 0 Å². The molecule has 9 nitrogen and oxygen atoms in total. The van der Waals surface area contributed by atoms with Gasteiger partial charge in [0.15, 0.2) is 0 Å². The Hall–Kier alpha value is -3.38. The number of hydrogen-bond donors (Lipinski definition) is 2. The van der Waals surface area contributed by atoms with Gasteiger partial charge in [0.25, 0.3) is 11.2 Å². The highest BCUT2D eigenvalue weighted by atomic mass is 35.5. The van der Waals surface area contributed by atoms with Crippen LogP contribution in [0.5, 0.6) is 5.88 Å². The standard InChI is InChI=1S/C14H8ClN5O4/c15-6-1-2-7(9(3-6)20(22)23)10-8(4-16)12(17)24-14-11(10)13(21)18-5-19-14/h1-3,5,10H,17H2,(H,18,19,21). The Labute approximate surface area is 139 Å². The van der Waals surface area contributed by atoms with Gasteiger partial charge in [0, 0.05) is 16.7 Å². The molecule has 120 valence electrons. The number of hydrogen-bond acceptors (Lipinski definition) is 7. The number of benzene rings is 1. The molecule has 1 aromatic heterocycles. The number of allylic oxidation sites excluding steroid dienone is 1. The summed E-state index contributed by atoms with van der Waals surface area (Å²) in [5.74, 6) is -1.46. The Balaban J connectivity index is 2.37. The molecule has 0 fully saturated rings. The number of nitrogens with two attached hydrogens (primary N) is 1. The number of nitrogens with zero attached hydrogens (tertiary/aromatic N) is 3. The molecular weight excluding hydrogens is 338 g/mol. The second kappa shape index (κ2) is 5.68. The summed E-state index contributed by atoms with van der Waals surface area (Å²) in [6.45, 7) is 0. The van der Waals surface area contributed by atoms with E-state index in [1.807, 2.05) is 6.07 Å². The molecule has 1 aliphatic heterocycles. The molecule has 2 heterocycles. The molecule has 1 aliphatic rings. The summed E-state index contributed by atoms with van der Waals surface area (Å²) in [6, 6.07) is 5.78. The van der Waals surface area contributed by atoms with Gasteiger partial charge in [0.2, 0.25) is 11.8 Å². The summed E-state index contributed by atoms with van der Waals surface area (Å²) in [5, 5.41) is 20.9. The fraction of sp³-hybridized carbons (Fsp3) is 0.0714. The Morgan fingerprint density at radius 1 is 1.50 bits per heavy atom. The van der Waals surface area contributed by atoms with E-state index in [0.717, 1.165) is 12.4 Å². The van der Waals surface area contributed by atoms with E-state index in [-0.39, 0.29) is 39.2 Å². The Bertz CT molecular complexity index is 991. The number of ether oxygens (including phenoxy) is 1. The third-order valence-electron chi connectivity index (χ3n) is 3.52. The molecule has 0 spiro atoms. The third-order valence-corrected chi connectivity index (χ3v) is 3.76. The lowest BCUT2D eigenvalue weighted by Gasteiger charge is -2.24. The summed E-state index contributed by atoms with van der Waals surface area (Å²) >= 11 is 5.82. The number of fused-ring (bicyclic) bond motifs is 1. The first-order chi connectivity index (χ1) is 11.4. The zero-order valence-corrected chi connectivity index (χ0v) is 12.6. The van der Waals surface area contributed by atoms with Gasteiger partial charge in [-0.25, -0.2) is 4.98 Å². The van der Waals surface area contributed by atoms with E-state index in [9.17, 15) is 20.2 Å². The van der Waals surface area contributed by atoms with E-state index in [2.05, 4.69) is 9.97 Å². The third kappa shape index (κ3) is 2.35. The molecule has 0 saturated heterocycles. The second-order valence-corrected chi connectivity index (χ2v) is 5.27. The highest BCUT2D eigenvalue weighted by Gasteiger charge is 2.37. The smallest absolute Gasteiger partial charge is 0.275 e. The van der Waals surface area contributed by atoms with Crippen LogP contribution in [0, 0.1) is 21.4 Å². The van der Waals surface area contributed by atoms with Crippen molar-refractivity contribution < 1.29 is 9.66 Å². The van der Waals surface area contributed by atoms with Crippen LogP contribution in [0.2, 0.25) is 5.02 Å². The van der Waals surface area contributed by atoms with Crippen LogP contribution >= 0.6 is 11.6 Å². The first kappa shape index (κ1) is 15.5. The number of aromatic amines is 1. The summed E-state index contributed by atoms with van der Waals surface area (Å²) in [6.07, 6.45) is 1.11. The van der Waals surface area contributed by atoms with Crippen molar-refractivity contribution in [2.24, 2.45) is 5.73 Å². The van der Waals surface area contributed by atoms with Crippen LogP contribution in [0.4, 0.5) is 5.69 Å². The minimum absolute atomic E-state index is 0.0336. The van der Waals surface area contributed by atoms with Gasteiger partial charge in [0.1, 0.15) is 11.6 Å². The molecule has 2 aromatic rings. The minimum Gasteiger partial charge on any atom is -0.422 e. The van der Waals surface area contributed by atoms with Crippen LogP contribution in [0.3, 0.4) is 0 Å². The molecule has 3 rings (SSSR count). The van der Waals surface area contributed by atoms with Crippen LogP contribution in [0.15, 0.2) is 40.8 Å². The number of rotatable bonds is 2. The van der Waals surface area contributed by atoms with E-state index in [0.29, 0.717) is 0 Å². The molecule has 3 N–H and O–H groups in total. The van der Waals surface area contributed by atoms with Gasteiger partial charge in [-0.05, 0) is 12.1 Å². The van der Waals surface area contributed by atoms with Crippen molar-refractivity contribution in [1.29, 1.82) is 5.26 Å². The molecule has 0 radical (unpaired) electrons. The summed E-state index contributed by atoms with van der Waals surface area (Å²) in [4.78, 5) is 29.2. The van der Waals surface area contributed by atoms with E-state index in [1.54, 1.807) is 0 Å². The van der Waals surface area contributed by atoms with Crippen molar-refractivity contribution in [3.63, 3.8) is 0 Å². The van der Waals surface area contributed by atoms with Gasteiger partial charge in [0.05, 0.1) is 22.7 Å². The van der Waals surface area contributed by atoms with E-state index < -0.39 is 16.4 Å². The number of halogens is 1. The number of H-pyrrole nitrogens is 1. The number of nitro groups is 1. The maximum atomic E-state index is 12.2. The topological polar surface area (TPSA) is 148 Å². The summed E-state index contributed by atoms with van der Waals surface area (Å²) in [5.41, 5.74) is 4.73. The van der Waals surface area contributed by atoms with E-state index >= 15 is 0 Å². The Morgan fingerprint density at radius 2 is 2.25 bits per heavy atom. The molecule has 1 aromatic carbocycles. The van der Waals surface area contributed by atoms with Gasteiger partial charge in [-0.1, -0.05) is 11.6 Å². The van der Waals surface area contributed by atoms with Gasteiger partial charge in [-0.15, -0.1) is 0 Å². The number of nitriles is 1. The Morgan fingerprint density at radius 3 is 2.92 bits per heavy atom. The van der Waals surface area contributed by atoms with Crippen molar-refractivity contribution in [3.8, 4) is 11.9 Å². The van der Waals surface area contributed by atoms with E-state index in [4.69, 9.17) is 22.1 Å². The predicted octanol–water partition coefficient (Wildman–Crippen LogP) is 1.55. The predicted molar refractivity (Wildman–Crippen MR) is 82.3 cm³/mol. The van der Waals surface area contributed by atoms with Gasteiger partial charge in [-0.3, -0.25) is 14.9 Å². The lowest BCUT2D eigenvalue weighted by Crippen LogP contribution is -2.28. The second-order valence-electron chi connectivity index (χ2n) is 4.84. The maximum Gasteiger partial charge on any atom is 0.275 e.